The Hall–Kier alpha value is -2.69. The Balaban J connectivity index is 2.09. The molecule has 5 heteroatoms. The highest BCUT2D eigenvalue weighted by atomic mass is 16.5. The molecular weight excluding hydrogens is 328 g/mol. The molecule has 0 radical (unpaired) electrons. The first-order chi connectivity index (χ1) is 12.3. The lowest BCUT2D eigenvalue weighted by molar-refractivity contribution is 0.241. The summed E-state index contributed by atoms with van der Waals surface area (Å²) in [5.41, 5.74) is 2.33. The van der Waals surface area contributed by atoms with Crippen LogP contribution in [0.2, 0.25) is 0 Å². The summed E-state index contributed by atoms with van der Waals surface area (Å²) in [6.07, 6.45) is 0. The summed E-state index contributed by atoms with van der Waals surface area (Å²) in [6, 6.07) is 13.2. The number of benzene rings is 2. The van der Waals surface area contributed by atoms with Gasteiger partial charge in [-0.2, -0.15) is 0 Å². The maximum Gasteiger partial charge on any atom is 0.319 e. The lowest BCUT2D eigenvalue weighted by atomic mass is 9.94. The normalized spacial score (nSPS) is 11.2. The predicted octanol–water partition coefficient (Wildman–Crippen LogP) is 4.88. The highest BCUT2D eigenvalue weighted by Gasteiger charge is 2.24. The number of amides is 2. The molecule has 2 N–H and O–H groups in total. The minimum atomic E-state index is -0.582. The predicted molar refractivity (Wildman–Crippen MR) is 105 cm³/mol. The quantitative estimate of drug-likeness (QED) is 0.775. The molecule has 5 nitrogen and oxygen atoms in total. The Morgan fingerprint density at radius 3 is 2.12 bits per heavy atom. The fourth-order valence-corrected chi connectivity index (χ4v) is 2.69. The van der Waals surface area contributed by atoms with Crippen LogP contribution in [0, 0.1) is 0 Å². The zero-order valence-corrected chi connectivity index (χ0v) is 16.3. The molecule has 0 saturated carbocycles. The third-order valence-electron chi connectivity index (χ3n) is 4.37. The van der Waals surface area contributed by atoms with Gasteiger partial charge >= 0.3 is 6.03 Å². The number of carbonyl (C=O) groups excluding carboxylic acids is 1. The van der Waals surface area contributed by atoms with Crippen molar-refractivity contribution in [2.75, 3.05) is 19.5 Å². The molecule has 2 rings (SSSR count). The first-order valence-corrected chi connectivity index (χ1v) is 8.68. The van der Waals surface area contributed by atoms with E-state index in [4.69, 9.17) is 9.47 Å². The van der Waals surface area contributed by atoms with E-state index in [1.807, 2.05) is 56.3 Å². The van der Waals surface area contributed by atoms with Gasteiger partial charge in [0.2, 0.25) is 0 Å². The molecule has 0 spiro atoms. The molecule has 0 aliphatic rings. The van der Waals surface area contributed by atoms with Crippen molar-refractivity contribution in [2.24, 2.45) is 0 Å². The first-order valence-electron chi connectivity index (χ1n) is 8.68. The molecule has 0 fully saturated rings. The Labute approximate surface area is 155 Å². The third kappa shape index (κ3) is 4.69. The molecule has 0 atom stereocenters. The van der Waals surface area contributed by atoms with Gasteiger partial charge in [-0.1, -0.05) is 32.0 Å². The summed E-state index contributed by atoms with van der Waals surface area (Å²) < 4.78 is 10.6. The Bertz CT molecular complexity index is 752. The fourth-order valence-electron chi connectivity index (χ4n) is 2.69. The van der Waals surface area contributed by atoms with Crippen LogP contribution in [0.5, 0.6) is 11.5 Å². The van der Waals surface area contributed by atoms with Gasteiger partial charge in [0.15, 0.2) is 11.5 Å². The molecule has 0 saturated heterocycles. The van der Waals surface area contributed by atoms with E-state index in [9.17, 15) is 4.79 Å². The molecule has 2 aromatic carbocycles. The molecule has 0 aliphatic heterocycles. The molecule has 0 bridgehead atoms. The number of rotatable bonds is 6. The molecule has 2 aromatic rings. The van der Waals surface area contributed by atoms with Crippen molar-refractivity contribution >= 4 is 11.7 Å². The second-order valence-corrected chi connectivity index (χ2v) is 7.05. The van der Waals surface area contributed by atoms with E-state index in [0.717, 1.165) is 11.3 Å². The number of carbonyl (C=O) groups is 1. The van der Waals surface area contributed by atoms with Gasteiger partial charge in [-0.05, 0) is 55.2 Å². The van der Waals surface area contributed by atoms with E-state index < -0.39 is 5.54 Å². The van der Waals surface area contributed by atoms with Crippen LogP contribution in [0.15, 0.2) is 42.5 Å². The molecule has 26 heavy (non-hydrogen) atoms. The van der Waals surface area contributed by atoms with Crippen LogP contribution in [0.25, 0.3) is 0 Å². The van der Waals surface area contributed by atoms with Gasteiger partial charge in [0.05, 0.1) is 19.8 Å². The van der Waals surface area contributed by atoms with Crippen LogP contribution in [0.4, 0.5) is 10.5 Å². The van der Waals surface area contributed by atoms with Crippen LogP contribution < -0.4 is 20.1 Å². The molecule has 0 aromatic heterocycles. The van der Waals surface area contributed by atoms with Crippen molar-refractivity contribution < 1.29 is 14.3 Å². The van der Waals surface area contributed by atoms with E-state index in [-0.39, 0.29) is 6.03 Å². The molecule has 2 amide bonds. The van der Waals surface area contributed by atoms with Gasteiger partial charge in [-0.15, -0.1) is 0 Å². The second kappa shape index (κ2) is 8.13. The van der Waals surface area contributed by atoms with E-state index in [1.54, 1.807) is 14.2 Å². The van der Waals surface area contributed by atoms with Crippen LogP contribution in [-0.4, -0.2) is 20.3 Å². The van der Waals surface area contributed by atoms with Crippen molar-refractivity contribution in [3.63, 3.8) is 0 Å². The monoisotopic (exact) mass is 356 g/mol. The smallest absolute Gasteiger partial charge is 0.319 e. The number of urea groups is 1. The van der Waals surface area contributed by atoms with Crippen molar-refractivity contribution in [1.82, 2.24) is 5.32 Å². The maximum absolute atomic E-state index is 12.4. The molecular formula is C21H28N2O3. The highest BCUT2D eigenvalue weighted by molar-refractivity contribution is 5.89. The van der Waals surface area contributed by atoms with Crippen molar-refractivity contribution in [1.29, 1.82) is 0 Å². The number of anilines is 1. The van der Waals surface area contributed by atoms with Gasteiger partial charge in [0, 0.05) is 5.69 Å². The maximum atomic E-state index is 12.4. The average Bonchev–Trinajstić information content (AvgIpc) is 2.60. The highest BCUT2D eigenvalue weighted by Crippen LogP contribution is 2.32. The lowest BCUT2D eigenvalue weighted by Crippen LogP contribution is -2.43. The molecule has 0 aliphatic carbocycles. The van der Waals surface area contributed by atoms with Crippen LogP contribution >= 0.6 is 0 Å². The topological polar surface area (TPSA) is 59.6 Å². The summed E-state index contributed by atoms with van der Waals surface area (Å²) >= 11 is 0. The van der Waals surface area contributed by atoms with Gasteiger partial charge in [0.25, 0.3) is 0 Å². The lowest BCUT2D eigenvalue weighted by Gasteiger charge is -2.27. The Morgan fingerprint density at radius 2 is 1.58 bits per heavy atom. The van der Waals surface area contributed by atoms with E-state index in [2.05, 4.69) is 24.5 Å². The summed E-state index contributed by atoms with van der Waals surface area (Å²) in [4.78, 5) is 12.4. The van der Waals surface area contributed by atoms with Crippen LogP contribution in [-0.2, 0) is 5.54 Å². The van der Waals surface area contributed by atoms with Gasteiger partial charge in [-0.3, -0.25) is 0 Å². The Morgan fingerprint density at radius 1 is 0.962 bits per heavy atom. The minimum absolute atomic E-state index is 0.262. The van der Waals surface area contributed by atoms with Crippen molar-refractivity contribution in [3.8, 4) is 11.5 Å². The number of nitrogens with one attached hydrogen (secondary N) is 2. The zero-order chi connectivity index (χ0) is 19.3. The van der Waals surface area contributed by atoms with Gasteiger partial charge < -0.3 is 20.1 Å². The number of hydrogen-bond acceptors (Lipinski definition) is 3. The Kier molecular flexibility index (Phi) is 6.14. The number of hydrogen-bond donors (Lipinski definition) is 2. The average molecular weight is 356 g/mol. The first kappa shape index (κ1) is 19.6. The van der Waals surface area contributed by atoms with Gasteiger partial charge in [0.1, 0.15) is 0 Å². The fraction of sp³-hybridized carbons (Fsp3) is 0.381. The second-order valence-electron chi connectivity index (χ2n) is 7.05. The molecule has 140 valence electrons. The summed E-state index contributed by atoms with van der Waals surface area (Å²) in [7, 11) is 3.19. The van der Waals surface area contributed by atoms with Crippen molar-refractivity contribution in [3.05, 3.63) is 53.6 Å². The third-order valence-corrected chi connectivity index (χ3v) is 4.37. The van der Waals surface area contributed by atoms with Crippen molar-refractivity contribution in [2.45, 2.75) is 39.2 Å². The number of ether oxygens (including phenoxy) is 2. The molecule has 0 heterocycles. The summed E-state index contributed by atoms with van der Waals surface area (Å²) in [5.74, 6) is 1.74. The van der Waals surface area contributed by atoms with Crippen LogP contribution in [0.1, 0.15) is 44.7 Å². The minimum Gasteiger partial charge on any atom is -0.493 e. The van der Waals surface area contributed by atoms with Gasteiger partial charge in [-0.25, -0.2) is 4.79 Å². The standard InChI is InChI=1S/C21H28N2O3/c1-14(2)15-7-10-17(11-8-15)22-20(24)23-21(3,4)16-9-12-18(25-5)19(13-16)26-6/h7-14H,1-6H3,(H2,22,23,24). The van der Waals surface area contributed by atoms with E-state index in [0.29, 0.717) is 17.4 Å². The zero-order valence-electron chi connectivity index (χ0n) is 16.3. The van der Waals surface area contributed by atoms with E-state index in [1.165, 1.54) is 5.56 Å². The summed E-state index contributed by atoms with van der Waals surface area (Å²) in [5, 5.41) is 5.88. The SMILES string of the molecule is COc1ccc(C(C)(C)NC(=O)Nc2ccc(C(C)C)cc2)cc1OC. The molecule has 0 unspecified atom stereocenters. The van der Waals surface area contributed by atoms with E-state index >= 15 is 0 Å². The summed E-state index contributed by atoms with van der Waals surface area (Å²) in [6.45, 7) is 8.16. The number of methoxy groups -OCH3 is 2. The largest absolute Gasteiger partial charge is 0.493 e. The van der Waals surface area contributed by atoms with Crippen LogP contribution in [0.3, 0.4) is 0 Å².